The van der Waals surface area contributed by atoms with Crippen LogP contribution in [0.15, 0.2) is 24.3 Å². The number of nitrogens with one attached hydrogen (secondary N) is 1. The maximum atomic E-state index is 5.85. The van der Waals surface area contributed by atoms with Gasteiger partial charge in [0.05, 0.1) is 6.61 Å². The summed E-state index contributed by atoms with van der Waals surface area (Å²) in [6, 6.07) is 8.43. The van der Waals surface area contributed by atoms with Crippen LogP contribution in [0.1, 0.15) is 31.7 Å². The number of hydrogen-bond acceptors (Lipinski definition) is 3. The zero-order valence-electron chi connectivity index (χ0n) is 11.9. The monoisotopic (exact) mass is 263 g/mol. The fourth-order valence-corrected chi connectivity index (χ4v) is 2.24. The molecule has 1 fully saturated rings. The van der Waals surface area contributed by atoms with Gasteiger partial charge in [0.1, 0.15) is 5.75 Å². The van der Waals surface area contributed by atoms with Crippen molar-refractivity contribution in [2.75, 3.05) is 26.4 Å². The second-order valence-corrected chi connectivity index (χ2v) is 5.19. The van der Waals surface area contributed by atoms with Crippen molar-refractivity contribution >= 4 is 0 Å². The number of ether oxygens (including phenoxy) is 2. The van der Waals surface area contributed by atoms with Crippen molar-refractivity contribution in [2.45, 2.75) is 32.7 Å². The Labute approximate surface area is 116 Å². The molecule has 1 saturated heterocycles. The summed E-state index contributed by atoms with van der Waals surface area (Å²) < 4.78 is 11.2. The summed E-state index contributed by atoms with van der Waals surface area (Å²) in [6.07, 6.45) is 3.42. The van der Waals surface area contributed by atoms with Gasteiger partial charge in [0, 0.05) is 19.8 Å². The minimum atomic E-state index is 0.652. The number of benzene rings is 1. The number of hydrogen-bond donors (Lipinski definition) is 1. The molecular weight excluding hydrogens is 238 g/mol. The van der Waals surface area contributed by atoms with Crippen LogP contribution >= 0.6 is 0 Å². The maximum absolute atomic E-state index is 5.85. The van der Waals surface area contributed by atoms with Crippen LogP contribution in [0.3, 0.4) is 0 Å². The second kappa shape index (κ2) is 8.18. The van der Waals surface area contributed by atoms with Crippen LogP contribution in [0.5, 0.6) is 5.75 Å². The fraction of sp³-hybridized carbons (Fsp3) is 0.625. The normalized spacial score (nSPS) is 16.5. The van der Waals surface area contributed by atoms with E-state index in [1.54, 1.807) is 0 Å². The van der Waals surface area contributed by atoms with Gasteiger partial charge in [-0.15, -0.1) is 0 Å². The zero-order chi connectivity index (χ0) is 13.3. The molecule has 106 valence electrons. The van der Waals surface area contributed by atoms with Gasteiger partial charge in [-0.3, -0.25) is 0 Å². The molecule has 0 radical (unpaired) electrons. The van der Waals surface area contributed by atoms with Gasteiger partial charge in [-0.05, 0) is 49.4 Å². The molecule has 0 spiro atoms. The predicted octanol–water partition coefficient (Wildman–Crippen LogP) is 2.99. The van der Waals surface area contributed by atoms with Crippen molar-refractivity contribution in [2.24, 2.45) is 5.92 Å². The van der Waals surface area contributed by atoms with E-state index in [9.17, 15) is 0 Å². The molecular formula is C16H25NO2. The van der Waals surface area contributed by atoms with Gasteiger partial charge in [0.15, 0.2) is 0 Å². The van der Waals surface area contributed by atoms with Gasteiger partial charge in [0.2, 0.25) is 0 Å². The molecule has 0 unspecified atom stereocenters. The van der Waals surface area contributed by atoms with Crippen LogP contribution in [0.25, 0.3) is 0 Å². The molecule has 0 atom stereocenters. The Balaban J connectivity index is 1.71. The molecule has 0 aromatic heterocycles. The van der Waals surface area contributed by atoms with Gasteiger partial charge in [0.25, 0.3) is 0 Å². The first-order valence-electron chi connectivity index (χ1n) is 7.38. The lowest BCUT2D eigenvalue weighted by Gasteiger charge is -2.22. The lowest BCUT2D eigenvalue weighted by molar-refractivity contribution is 0.0497. The van der Waals surface area contributed by atoms with E-state index < -0.39 is 0 Å². The molecule has 1 heterocycles. The van der Waals surface area contributed by atoms with Crippen molar-refractivity contribution in [1.29, 1.82) is 0 Å². The second-order valence-electron chi connectivity index (χ2n) is 5.19. The van der Waals surface area contributed by atoms with Gasteiger partial charge >= 0.3 is 0 Å². The van der Waals surface area contributed by atoms with Crippen molar-refractivity contribution in [3.63, 3.8) is 0 Å². The number of rotatable bonds is 7. The van der Waals surface area contributed by atoms with E-state index in [2.05, 4.69) is 36.5 Å². The highest BCUT2D eigenvalue weighted by atomic mass is 16.5. The van der Waals surface area contributed by atoms with Crippen LogP contribution in [0.2, 0.25) is 0 Å². The summed E-state index contributed by atoms with van der Waals surface area (Å²) >= 11 is 0. The van der Waals surface area contributed by atoms with Crippen molar-refractivity contribution in [3.8, 4) is 5.75 Å². The van der Waals surface area contributed by atoms with E-state index in [0.717, 1.165) is 51.5 Å². The summed E-state index contributed by atoms with van der Waals surface area (Å²) in [6.45, 7) is 6.78. The SMILES string of the molecule is CCCNCc1ccc(OCC2CCOCC2)cc1. The molecule has 0 saturated carbocycles. The highest BCUT2D eigenvalue weighted by Gasteiger charge is 2.14. The maximum Gasteiger partial charge on any atom is 0.119 e. The van der Waals surface area contributed by atoms with Crippen molar-refractivity contribution < 1.29 is 9.47 Å². The quantitative estimate of drug-likeness (QED) is 0.767. The molecule has 1 aliphatic rings. The average molecular weight is 263 g/mol. The first-order chi connectivity index (χ1) is 9.38. The lowest BCUT2D eigenvalue weighted by Crippen LogP contribution is -2.21. The molecule has 3 nitrogen and oxygen atoms in total. The predicted molar refractivity (Wildman–Crippen MR) is 77.5 cm³/mol. The van der Waals surface area contributed by atoms with Crippen LogP contribution in [-0.4, -0.2) is 26.4 Å². The fourth-order valence-electron chi connectivity index (χ4n) is 2.24. The zero-order valence-corrected chi connectivity index (χ0v) is 11.9. The van der Waals surface area contributed by atoms with Gasteiger partial charge < -0.3 is 14.8 Å². The summed E-state index contributed by atoms with van der Waals surface area (Å²) in [5.74, 6) is 1.63. The summed E-state index contributed by atoms with van der Waals surface area (Å²) in [4.78, 5) is 0. The van der Waals surface area contributed by atoms with Gasteiger partial charge in [-0.2, -0.15) is 0 Å². The Kier molecular flexibility index (Phi) is 6.18. The Morgan fingerprint density at radius 3 is 2.63 bits per heavy atom. The van der Waals surface area contributed by atoms with E-state index in [0.29, 0.717) is 5.92 Å². The first-order valence-corrected chi connectivity index (χ1v) is 7.38. The minimum Gasteiger partial charge on any atom is -0.493 e. The Morgan fingerprint density at radius 1 is 1.21 bits per heavy atom. The highest BCUT2D eigenvalue weighted by molar-refractivity contribution is 5.27. The third kappa shape index (κ3) is 5.21. The summed E-state index contributed by atoms with van der Waals surface area (Å²) in [7, 11) is 0. The van der Waals surface area contributed by atoms with E-state index in [4.69, 9.17) is 9.47 Å². The van der Waals surface area contributed by atoms with Gasteiger partial charge in [-0.25, -0.2) is 0 Å². The molecule has 1 aromatic rings. The van der Waals surface area contributed by atoms with Crippen LogP contribution in [0, 0.1) is 5.92 Å². The summed E-state index contributed by atoms with van der Waals surface area (Å²) in [5.41, 5.74) is 1.31. The lowest BCUT2D eigenvalue weighted by atomic mass is 10.0. The first kappa shape index (κ1) is 14.4. The molecule has 2 rings (SSSR count). The largest absolute Gasteiger partial charge is 0.493 e. The van der Waals surface area contributed by atoms with E-state index in [1.165, 1.54) is 12.0 Å². The van der Waals surface area contributed by atoms with Crippen LogP contribution in [-0.2, 0) is 11.3 Å². The molecule has 3 heteroatoms. The molecule has 0 amide bonds. The van der Waals surface area contributed by atoms with Crippen LogP contribution < -0.4 is 10.1 Å². The molecule has 1 aliphatic heterocycles. The van der Waals surface area contributed by atoms with E-state index in [1.807, 2.05) is 0 Å². The molecule has 1 N–H and O–H groups in total. The standard InChI is InChI=1S/C16H25NO2/c1-2-9-17-12-14-3-5-16(6-4-14)19-13-15-7-10-18-11-8-15/h3-6,15,17H,2,7-13H2,1H3. The third-order valence-corrected chi connectivity index (χ3v) is 3.51. The topological polar surface area (TPSA) is 30.5 Å². The van der Waals surface area contributed by atoms with E-state index in [-0.39, 0.29) is 0 Å². The smallest absolute Gasteiger partial charge is 0.119 e. The molecule has 0 aliphatic carbocycles. The molecule has 1 aromatic carbocycles. The average Bonchev–Trinajstić information content (AvgIpc) is 2.48. The van der Waals surface area contributed by atoms with Crippen LogP contribution in [0.4, 0.5) is 0 Å². The Morgan fingerprint density at radius 2 is 1.95 bits per heavy atom. The Bertz CT molecular complexity index is 344. The Hall–Kier alpha value is -1.06. The van der Waals surface area contributed by atoms with Crippen molar-refractivity contribution in [1.82, 2.24) is 5.32 Å². The van der Waals surface area contributed by atoms with Gasteiger partial charge in [-0.1, -0.05) is 19.1 Å². The molecule has 19 heavy (non-hydrogen) atoms. The minimum absolute atomic E-state index is 0.652. The third-order valence-electron chi connectivity index (χ3n) is 3.51. The van der Waals surface area contributed by atoms with Crippen molar-refractivity contribution in [3.05, 3.63) is 29.8 Å². The highest BCUT2D eigenvalue weighted by Crippen LogP contribution is 2.18. The van der Waals surface area contributed by atoms with E-state index >= 15 is 0 Å². The molecule has 0 bridgehead atoms. The summed E-state index contributed by atoms with van der Waals surface area (Å²) in [5, 5.41) is 3.40.